The Labute approximate surface area is 166 Å². The molecule has 0 saturated carbocycles. The first kappa shape index (κ1) is 18.4. The number of hydrogen-bond donors (Lipinski definition) is 2. The number of Topliss-reactive ketones (excluding diaryl/α,β-unsaturated/α-hetero) is 1. The van der Waals surface area contributed by atoms with Gasteiger partial charge in [-0.3, -0.25) is 9.59 Å². The summed E-state index contributed by atoms with van der Waals surface area (Å²) in [6.07, 6.45) is 2.86. The summed E-state index contributed by atoms with van der Waals surface area (Å²) in [5, 5.41) is 5.80. The van der Waals surface area contributed by atoms with Crippen LogP contribution < -0.4 is 20.1 Å². The number of hydrogen-bond acceptors (Lipinski definition) is 7. The lowest BCUT2D eigenvalue weighted by Crippen LogP contribution is -2.15. The van der Waals surface area contributed by atoms with Crippen molar-refractivity contribution in [2.75, 3.05) is 23.8 Å². The third-order valence-electron chi connectivity index (χ3n) is 4.24. The van der Waals surface area contributed by atoms with Gasteiger partial charge in [0, 0.05) is 35.4 Å². The van der Waals surface area contributed by atoms with Gasteiger partial charge in [-0.05, 0) is 31.2 Å². The molecule has 8 nitrogen and oxygen atoms in total. The van der Waals surface area contributed by atoms with Crippen LogP contribution in [0.2, 0.25) is 0 Å². The number of nitrogens with zero attached hydrogens (tertiary/aromatic N) is 2. The van der Waals surface area contributed by atoms with Crippen LogP contribution in [0.4, 0.5) is 17.3 Å². The van der Waals surface area contributed by atoms with Gasteiger partial charge in [0.25, 0.3) is 5.91 Å². The summed E-state index contributed by atoms with van der Waals surface area (Å²) in [7, 11) is 0. The number of carbonyl (C=O) groups is 2. The number of fused-ring (bicyclic) bond motifs is 1. The van der Waals surface area contributed by atoms with E-state index in [1.807, 2.05) is 12.1 Å². The molecule has 2 heterocycles. The normalized spacial score (nSPS) is 12.2. The van der Waals surface area contributed by atoms with Crippen molar-refractivity contribution in [3.63, 3.8) is 0 Å². The summed E-state index contributed by atoms with van der Waals surface area (Å²) in [4.78, 5) is 32.2. The van der Waals surface area contributed by atoms with Crippen molar-refractivity contribution in [2.45, 2.75) is 6.92 Å². The van der Waals surface area contributed by atoms with Gasteiger partial charge >= 0.3 is 0 Å². The van der Waals surface area contributed by atoms with E-state index in [1.54, 1.807) is 30.3 Å². The van der Waals surface area contributed by atoms with Crippen molar-refractivity contribution in [3.8, 4) is 11.5 Å². The number of carbonyl (C=O) groups excluding carboxylic acids is 2. The molecule has 0 aliphatic carbocycles. The molecule has 3 aromatic rings. The lowest BCUT2D eigenvalue weighted by atomic mass is 10.1. The largest absolute Gasteiger partial charge is 0.486 e. The summed E-state index contributed by atoms with van der Waals surface area (Å²) >= 11 is 0. The third-order valence-corrected chi connectivity index (χ3v) is 4.24. The number of anilines is 3. The molecular formula is C21H18N4O4. The van der Waals surface area contributed by atoms with Crippen molar-refractivity contribution >= 4 is 29.0 Å². The minimum atomic E-state index is -0.364. The topological polar surface area (TPSA) is 102 Å². The maximum atomic E-state index is 12.4. The molecule has 1 aromatic heterocycles. The second kappa shape index (κ2) is 7.97. The first-order valence-electron chi connectivity index (χ1n) is 8.99. The number of amides is 1. The van der Waals surface area contributed by atoms with E-state index in [0.717, 1.165) is 5.69 Å². The predicted molar refractivity (Wildman–Crippen MR) is 107 cm³/mol. The third kappa shape index (κ3) is 4.32. The highest BCUT2D eigenvalue weighted by Crippen LogP contribution is 2.33. The van der Waals surface area contributed by atoms with Crippen LogP contribution in [0.1, 0.15) is 27.6 Å². The van der Waals surface area contributed by atoms with E-state index in [2.05, 4.69) is 20.6 Å². The predicted octanol–water partition coefficient (Wildman–Crippen LogP) is 3.45. The second-order valence-corrected chi connectivity index (χ2v) is 6.37. The molecule has 2 N–H and O–H groups in total. The fourth-order valence-electron chi connectivity index (χ4n) is 2.78. The van der Waals surface area contributed by atoms with Crippen molar-refractivity contribution in [1.82, 2.24) is 9.97 Å². The van der Waals surface area contributed by atoms with Gasteiger partial charge in [-0.15, -0.1) is 0 Å². The Hall–Kier alpha value is -3.94. The first-order chi connectivity index (χ1) is 14.1. The Kier molecular flexibility index (Phi) is 5.07. The minimum absolute atomic E-state index is 0.0704. The number of ether oxygens (including phenoxy) is 2. The molecule has 0 unspecified atom stereocenters. The molecule has 29 heavy (non-hydrogen) atoms. The molecule has 2 aromatic carbocycles. The van der Waals surface area contributed by atoms with Gasteiger partial charge in [0.2, 0.25) is 5.95 Å². The smallest absolute Gasteiger partial charge is 0.258 e. The molecule has 146 valence electrons. The lowest BCUT2D eigenvalue weighted by molar-refractivity contribution is 0.101. The highest BCUT2D eigenvalue weighted by atomic mass is 16.6. The van der Waals surface area contributed by atoms with E-state index in [-0.39, 0.29) is 11.7 Å². The van der Waals surface area contributed by atoms with Gasteiger partial charge < -0.3 is 20.1 Å². The zero-order valence-corrected chi connectivity index (χ0v) is 15.6. The number of rotatable bonds is 5. The molecule has 1 amide bonds. The number of benzene rings is 2. The molecule has 0 saturated heterocycles. The monoisotopic (exact) mass is 390 g/mol. The zero-order valence-electron chi connectivity index (χ0n) is 15.6. The molecule has 4 rings (SSSR count). The summed E-state index contributed by atoms with van der Waals surface area (Å²) in [6, 6.07) is 12.2. The molecule has 0 bridgehead atoms. The minimum Gasteiger partial charge on any atom is -0.486 e. The SMILES string of the molecule is CC(=O)c1cccc(NC(=O)c2cnc(Nc3ccc4c(c3)OCCO4)nc2)c1. The van der Waals surface area contributed by atoms with Crippen LogP contribution in [0.5, 0.6) is 11.5 Å². The highest BCUT2D eigenvalue weighted by molar-refractivity contribution is 6.04. The molecule has 1 aliphatic rings. The Bertz CT molecular complexity index is 1070. The van der Waals surface area contributed by atoms with Gasteiger partial charge in [-0.25, -0.2) is 9.97 Å². The molecule has 0 radical (unpaired) electrons. The van der Waals surface area contributed by atoms with Crippen LogP contribution in [0.15, 0.2) is 54.9 Å². The van der Waals surface area contributed by atoms with Gasteiger partial charge in [-0.1, -0.05) is 12.1 Å². The fourth-order valence-corrected chi connectivity index (χ4v) is 2.78. The first-order valence-corrected chi connectivity index (χ1v) is 8.99. The van der Waals surface area contributed by atoms with E-state index >= 15 is 0 Å². The average Bonchev–Trinajstić information content (AvgIpc) is 2.74. The van der Waals surface area contributed by atoms with Crippen LogP contribution in [-0.2, 0) is 0 Å². The quantitative estimate of drug-likeness (QED) is 0.643. The van der Waals surface area contributed by atoms with E-state index in [9.17, 15) is 9.59 Å². The number of nitrogens with one attached hydrogen (secondary N) is 2. The maximum Gasteiger partial charge on any atom is 0.258 e. The van der Waals surface area contributed by atoms with Crippen molar-refractivity contribution in [3.05, 3.63) is 66.0 Å². The van der Waals surface area contributed by atoms with E-state index in [0.29, 0.717) is 47.5 Å². The molecule has 1 aliphatic heterocycles. The van der Waals surface area contributed by atoms with Gasteiger partial charge in [-0.2, -0.15) is 0 Å². The van der Waals surface area contributed by atoms with Gasteiger partial charge in [0.15, 0.2) is 17.3 Å². The van der Waals surface area contributed by atoms with Gasteiger partial charge in [0.1, 0.15) is 13.2 Å². The van der Waals surface area contributed by atoms with Gasteiger partial charge in [0.05, 0.1) is 5.56 Å². The Morgan fingerprint density at radius 1 is 0.897 bits per heavy atom. The Balaban J connectivity index is 1.43. The van der Waals surface area contributed by atoms with Crippen molar-refractivity contribution in [1.29, 1.82) is 0 Å². The molecule has 0 fully saturated rings. The van der Waals surface area contributed by atoms with Crippen molar-refractivity contribution in [2.24, 2.45) is 0 Å². The standard InChI is InChI=1S/C21H18N4O4/c1-13(26)14-3-2-4-16(9-14)24-20(27)15-11-22-21(23-12-15)25-17-5-6-18-19(10-17)29-8-7-28-18/h2-6,9-12H,7-8H2,1H3,(H,24,27)(H,22,23,25). The van der Waals surface area contributed by atoms with Crippen LogP contribution in [0.25, 0.3) is 0 Å². The van der Waals surface area contributed by atoms with Crippen LogP contribution in [-0.4, -0.2) is 34.9 Å². The summed E-state index contributed by atoms with van der Waals surface area (Å²) in [6.45, 7) is 2.51. The zero-order chi connectivity index (χ0) is 20.2. The maximum absolute atomic E-state index is 12.4. The molecule has 0 spiro atoms. The van der Waals surface area contributed by atoms with Crippen LogP contribution >= 0.6 is 0 Å². The van der Waals surface area contributed by atoms with E-state index in [1.165, 1.54) is 19.3 Å². The van der Waals surface area contributed by atoms with Crippen LogP contribution in [0.3, 0.4) is 0 Å². The van der Waals surface area contributed by atoms with E-state index in [4.69, 9.17) is 9.47 Å². The summed E-state index contributed by atoms with van der Waals surface area (Å²) < 4.78 is 11.0. The average molecular weight is 390 g/mol. The Morgan fingerprint density at radius 3 is 2.41 bits per heavy atom. The van der Waals surface area contributed by atoms with E-state index < -0.39 is 0 Å². The molecule has 0 atom stereocenters. The number of aromatic nitrogens is 2. The number of ketones is 1. The lowest BCUT2D eigenvalue weighted by Gasteiger charge is -2.18. The molecule has 8 heteroatoms. The van der Waals surface area contributed by atoms with Crippen LogP contribution in [0, 0.1) is 0 Å². The summed E-state index contributed by atoms with van der Waals surface area (Å²) in [5.74, 6) is 1.26. The highest BCUT2D eigenvalue weighted by Gasteiger charge is 2.13. The second-order valence-electron chi connectivity index (χ2n) is 6.37. The summed E-state index contributed by atoms with van der Waals surface area (Å²) in [5.41, 5.74) is 2.10. The van der Waals surface area contributed by atoms with Crippen molar-refractivity contribution < 1.29 is 19.1 Å². The molecular weight excluding hydrogens is 372 g/mol. The fraction of sp³-hybridized carbons (Fsp3) is 0.143. The Morgan fingerprint density at radius 2 is 1.66 bits per heavy atom.